The normalized spacial score (nSPS) is 17.0. The molecule has 2 aromatic heterocycles. The Morgan fingerprint density at radius 1 is 1.19 bits per heavy atom. The van der Waals surface area contributed by atoms with Crippen LogP contribution in [0.2, 0.25) is 0 Å². The number of aromatic nitrogens is 3. The molecule has 1 fully saturated rings. The van der Waals surface area contributed by atoms with E-state index in [2.05, 4.69) is 25.5 Å². The number of aliphatic imine (C=N–C) groups is 1. The van der Waals surface area contributed by atoms with Gasteiger partial charge in [-0.15, -0.1) is 10.2 Å². The number of carbonyl (C=O) groups excluding carboxylic acids is 1. The molecule has 1 saturated heterocycles. The lowest BCUT2D eigenvalue weighted by Crippen LogP contribution is -2.19. The molecule has 1 aliphatic rings. The lowest BCUT2D eigenvalue weighted by atomic mass is 10.2. The summed E-state index contributed by atoms with van der Waals surface area (Å²) in [6.07, 6.45) is 5.00. The second-order valence-corrected chi connectivity index (χ2v) is 7.15. The second-order valence-electron chi connectivity index (χ2n) is 5.17. The number of hydrogen-bond acceptors (Lipinski definition) is 7. The Morgan fingerprint density at radius 3 is 2.92 bits per heavy atom. The molecule has 1 amide bonds. The van der Waals surface area contributed by atoms with Gasteiger partial charge in [-0.25, -0.2) is 4.39 Å². The van der Waals surface area contributed by atoms with Gasteiger partial charge < -0.3 is 5.32 Å². The van der Waals surface area contributed by atoms with Gasteiger partial charge in [-0.2, -0.15) is 4.99 Å². The van der Waals surface area contributed by atoms with Crippen LogP contribution in [0.25, 0.3) is 16.6 Å². The van der Waals surface area contributed by atoms with Crippen LogP contribution in [-0.2, 0) is 4.79 Å². The van der Waals surface area contributed by atoms with E-state index in [4.69, 9.17) is 0 Å². The number of carbonyl (C=O) groups is 1. The molecule has 0 spiro atoms. The van der Waals surface area contributed by atoms with Crippen LogP contribution in [0, 0.1) is 5.82 Å². The molecule has 1 N–H and O–H groups in total. The Morgan fingerprint density at radius 2 is 2.12 bits per heavy atom. The highest BCUT2D eigenvalue weighted by Gasteiger charge is 2.24. The maximum absolute atomic E-state index is 13.3. The molecular weight excluding hydrogens is 373 g/mol. The Labute approximate surface area is 155 Å². The van der Waals surface area contributed by atoms with E-state index in [9.17, 15) is 9.18 Å². The number of nitrogens with one attached hydrogen (secondary N) is 1. The van der Waals surface area contributed by atoms with Gasteiger partial charge in [-0.1, -0.05) is 23.5 Å². The average Bonchev–Trinajstić information content (AvgIpc) is 3.23. The second kappa shape index (κ2) is 7.14. The molecule has 0 aliphatic carbocycles. The number of halogens is 1. The number of pyridine rings is 1. The van der Waals surface area contributed by atoms with Crippen LogP contribution in [0.1, 0.15) is 5.56 Å². The summed E-state index contributed by atoms with van der Waals surface area (Å²) in [6.45, 7) is 0. The molecule has 0 atom stereocenters. The van der Waals surface area contributed by atoms with Crippen molar-refractivity contribution in [3.05, 3.63) is 65.1 Å². The first-order valence-corrected chi connectivity index (χ1v) is 9.10. The molecule has 0 unspecified atom stereocenters. The lowest BCUT2D eigenvalue weighted by Gasteiger charge is -1.94. The zero-order chi connectivity index (χ0) is 17.9. The lowest BCUT2D eigenvalue weighted by molar-refractivity contribution is -0.115. The van der Waals surface area contributed by atoms with E-state index in [1.807, 2.05) is 12.1 Å². The van der Waals surface area contributed by atoms with Gasteiger partial charge in [0.05, 0.1) is 4.91 Å². The van der Waals surface area contributed by atoms with Crippen molar-refractivity contribution in [1.29, 1.82) is 0 Å². The van der Waals surface area contributed by atoms with Crippen molar-refractivity contribution in [2.45, 2.75) is 0 Å². The van der Waals surface area contributed by atoms with Gasteiger partial charge in [-0.05, 0) is 47.7 Å². The smallest absolute Gasteiger partial charge is 0.264 e. The minimum atomic E-state index is -0.353. The van der Waals surface area contributed by atoms with Gasteiger partial charge in [-0.3, -0.25) is 9.78 Å². The summed E-state index contributed by atoms with van der Waals surface area (Å²) in [5.41, 5.74) is 1.46. The van der Waals surface area contributed by atoms with Crippen molar-refractivity contribution in [2.75, 3.05) is 0 Å². The highest BCUT2D eigenvalue weighted by Crippen LogP contribution is 2.31. The third-order valence-electron chi connectivity index (χ3n) is 3.32. The van der Waals surface area contributed by atoms with Crippen LogP contribution >= 0.6 is 23.1 Å². The fourth-order valence-corrected chi connectivity index (χ4v) is 3.77. The molecular formula is C17H10FN5OS2. The standard InChI is InChI=1S/C17H10FN5OS2/c18-12-5-1-3-10(7-12)8-13-14(24)20-16(25-13)21-17-23-22-15(26-17)11-4-2-6-19-9-11/h1-9H,(H,20,21,23,24). The molecule has 128 valence electrons. The molecule has 3 heterocycles. The van der Waals surface area contributed by atoms with Crippen molar-refractivity contribution >= 4 is 45.4 Å². The summed E-state index contributed by atoms with van der Waals surface area (Å²) < 4.78 is 13.3. The fourth-order valence-electron chi connectivity index (χ4n) is 2.18. The molecule has 26 heavy (non-hydrogen) atoms. The Balaban J connectivity index is 1.54. The summed E-state index contributed by atoms with van der Waals surface area (Å²) in [6, 6.07) is 9.74. The molecule has 0 radical (unpaired) electrons. The third-order valence-corrected chi connectivity index (χ3v) is 5.09. The number of nitrogens with zero attached hydrogens (tertiary/aromatic N) is 4. The van der Waals surface area contributed by atoms with Crippen molar-refractivity contribution in [3.8, 4) is 10.6 Å². The van der Waals surface area contributed by atoms with E-state index in [1.54, 1.807) is 30.6 Å². The molecule has 1 aromatic carbocycles. The first-order valence-electron chi connectivity index (χ1n) is 7.46. The highest BCUT2D eigenvalue weighted by molar-refractivity contribution is 8.18. The topological polar surface area (TPSA) is 80.1 Å². The van der Waals surface area contributed by atoms with Crippen LogP contribution in [0.15, 0.2) is 58.7 Å². The van der Waals surface area contributed by atoms with E-state index < -0.39 is 0 Å². The quantitative estimate of drug-likeness (QED) is 0.699. The number of rotatable bonds is 3. The van der Waals surface area contributed by atoms with Crippen LogP contribution in [0.4, 0.5) is 9.52 Å². The van der Waals surface area contributed by atoms with Gasteiger partial charge >= 0.3 is 0 Å². The summed E-state index contributed by atoms with van der Waals surface area (Å²) in [5, 5.41) is 12.3. The maximum atomic E-state index is 13.3. The Hall–Kier alpha value is -2.91. The van der Waals surface area contributed by atoms with Gasteiger partial charge in [0, 0.05) is 18.0 Å². The van der Waals surface area contributed by atoms with E-state index in [0.29, 0.717) is 25.8 Å². The van der Waals surface area contributed by atoms with Crippen molar-refractivity contribution in [3.63, 3.8) is 0 Å². The maximum Gasteiger partial charge on any atom is 0.264 e. The Kier molecular flexibility index (Phi) is 4.55. The van der Waals surface area contributed by atoms with E-state index in [1.165, 1.54) is 35.2 Å². The molecule has 0 bridgehead atoms. The van der Waals surface area contributed by atoms with Gasteiger partial charge in [0.25, 0.3) is 5.91 Å². The first-order chi connectivity index (χ1) is 12.7. The largest absolute Gasteiger partial charge is 0.300 e. The number of amides is 1. The minimum absolute atomic E-state index is 0.282. The summed E-state index contributed by atoms with van der Waals surface area (Å²) in [5.74, 6) is -0.636. The molecule has 0 saturated carbocycles. The molecule has 6 nitrogen and oxygen atoms in total. The summed E-state index contributed by atoms with van der Waals surface area (Å²) >= 11 is 2.47. The average molecular weight is 383 g/mol. The van der Waals surface area contributed by atoms with E-state index in [0.717, 1.165) is 5.56 Å². The van der Waals surface area contributed by atoms with Crippen molar-refractivity contribution in [1.82, 2.24) is 20.5 Å². The monoisotopic (exact) mass is 383 g/mol. The van der Waals surface area contributed by atoms with E-state index in [-0.39, 0.29) is 11.7 Å². The first kappa shape index (κ1) is 16.6. The zero-order valence-corrected chi connectivity index (χ0v) is 14.7. The number of amidine groups is 1. The van der Waals surface area contributed by atoms with Gasteiger partial charge in [0.1, 0.15) is 5.82 Å². The van der Waals surface area contributed by atoms with Crippen molar-refractivity contribution < 1.29 is 9.18 Å². The van der Waals surface area contributed by atoms with Gasteiger partial charge in [0.2, 0.25) is 5.13 Å². The number of benzene rings is 1. The van der Waals surface area contributed by atoms with Crippen LogP contribution in [-0.4, -0.2) is 26.3 Å². The van der Waals surface area contributed by atoms with Gasteiger partial charge in [0.15, 0.2) is 10.2 Å². The summed E-state index contributed by atoms with van der Waals surface area (Å²) in [4.78, 5) is 20.9. The zero-order valence-electron chi connectivity index (χ0n) is 13.1. The minimum Gasteiger partial charge on any atom is -0.300 e. The SMILES string of the molecule is O=C1NC(=Nc2nnc(-c3cccnc3)s2)SC1=Cc1cccc(F)c1. The summed E-state index contributed by atoms with van der Waals surface area (Å²) in [7, 11) is 0. The molecule has 9 heteroatoms. The predicted octanol–water partition coefficient (Wildman–Crippen LogP) is 3.63. The van der Waals surface area contributed by atoms with Crippen LogP contribution in [0.3, 0.4) is 0 Å². The Bertz CT molecular complexity index is 1030. The molecule has 1 aliphatic heterocycles. The van der Waals surface area contributed by atoms with Crippen LogP contribution < -0.4 is 5.32 Å². The highest BCUT2D eigenvalue weighted by atomic mass is 32.2. The number of hydrogen-bond donors (Lipinski definition) is 1. The fraction of sp³-hybridized carbons (Fsp3) is 0. The number of thioether (sulfide) groups is 1. The molecule has 4 rings (SSSR count). The third kappa shape index (κ3) is 3.68. The van der Waals surface area contributed by atoms with E-state index >= 15 is 0 Å². The van der Waals surface area contributed by atoms with Crippen molar-refractivity contribution in [2.24, 2.45) is 4.99 Å². The van der Waals surface area contributed by atoms with Crippen LogP contribution in [0.5, 0.6) is 0 Å². The molecule has 3 aromatic rings. The predicted molar refractivity (Wildman–Crippen MR) is 100 cm³/mol.